The summed E-state index contributed by atoms with van der Waals surface area (Å²) >= 11 is 1.52. The molecule has 0 aliphatic carbocycles. The summed E-state index contributed by atoms with van der Waals surface area (Å²) in [6.07, 6.45) is 1.73. The molecule has 3 aromatic heterocycles. The maximum atomic E-state index is 13.0. The number of benzene rings is 1. The normalized spacial score (nSPS) is 14.4. The molecule has 0 bridgehead atoms. The molecule has 1 aliphatic heterocycles. The number of hydrogen-bond donors (Lipinski definition) is 2. The Morgan fingerprint density at radius 1 is 1.23 bits per heavy atom. The van der Waals surface area contributed by atoms with Gasteiger partial charge in [0.05, 0.1) is 31.3 Å². The summed E-state index contributed by atoms with van der Waals surface area (Å²) in [5, 5.41) is 26.5. The summed E-state index contributed by atoms with van der Waals surface area (Å²) < 4.78 is 3.27. The first-order chi connectivity index (χ1) is 17.1. The summed E-state index contributed by atoms with van der Waals surface area (Å²) in [4.78, 5) is 26.6. The number of piperazine rings is 1. The van der Waals surface area contributed by atoms with E-state index in [0.29, 0.717) is 17.0 Å². The van der Waals surface area contributed by atoms with Crippen LogP contribution in [0.4, 0.5) is 17.3 Å². The molecule has 0 radical (unpaired) electrons. The molecule has 2 N–H and O–H groups in total. The van der Waals surface area contributed by atoms with Gasteiger partial charge in [0, 0.05) is 54.7 Å². The minimum atomic E-state index is -0.230. The third-order valence-corrected chi connectivity index (χ3v) is 6.88. The lowest BCUT2D eigenvalue weighted by molar-refractivity contribution is 0.280. The van der Waals surface area contributed by atoms with E-state index in [4.69, 9.17) is 5.26 Å². The lowest BCUT2D eigenvalue weighted by atomic mass is 10.1. The summed E-state index contributed by atoms with van der Waals surface area (Å²) in [7, 11) is 2.11. The number of likely N-dealkylation sites (N-methyl/N-ethyl adjacent to an activating group) is 1. The second-order valence-corrected chi connectivity index (χ2v) is 9.26. The van der Waals surface area contributed by atoms with E-state index in [1.807, 2.05) is 35.0 Å². The molecule has 4 aromatic rings. The quantitative estimate of drug-likeness (QED) is 0.406. The second kappa shape index (κ2) is 9.87. The van der Waals surface area contributed by atoms with Gasteiger partial charge in [-0.15, -0.1) is 0 Å². The fourth-order valence-electron chi connectivity index (χ4n) is 4.36. The number of anilines is 3. The van der Waals surface area contributed by atoms with Crippen molar-refractivity contribution < 1.29 is 5.11 Å². The predicted molar refractivity (Wildman–Crippen MR) is 137 cm³/mol. The minimum absolute atomic E-state index is 0.0729. The average molecular weight is 491 g/mol. The van der Waals surface area contributed by atoms with Crippen molar-refractivity contribution in [2.75, 3.05) is 43.4 Å². The van der Waals surface area contributed by atoms with Crippen LogP contribution in [0.1, 0.15) is 12.0 Å². The Kier molecular flexibility index (Phi) is 6.50. The molecule has 0 spiro atoms. The topological polar surface area (TPSA) is 115 Å². The molecular weight excluding hydrogens is 464 g/mol. The highest BCUT2D eigenvalue weighted by molar-refractivity contribution is 7.08. The molecule has 1 saturated heterocycles. The monoisotopic (exact) mass is 490 g/mol. The molecular formula is C24H26N8O2S. The highest BCUT2D eigenvalue weighted by atomic mass is 32.1. The zero-order chi connectivity index (χ0) is 24.4. The van der Waals surface area contributed by atoms with Crippen LogP contribution in [0.3, 0.4) is 0 Å². The molecule has 4 heterocycles. The lowest BCUT2D eigenvalue weighted by Crippen LogP contribution is -2.44. The van der Waals surface area contributed by atoms with Crippen LogP contribution in [0.5, 0.6) is 0 Å². The van der Waals surface area contributed by atoms with Crippen LogP contribution >= 0.6 is 11.3 Å². The van der Waals surface area contributed by atoms with Crippen LogP contribution in [0.2, 0.25) is 0 Å². The van der Waals surface area contributed by atoms with E-state index < -0.39 is 0 Å². The van der Waals surface area contributed by atoms with E-state index in [-0.39, 0.29) is 25.1 Å². The summed E-state index contributed by atoms with van der Waals surface area (Å²) in [5.74, 6) is 0.343. The van der Waals surface area contributed by atoms with E-state index in [1.165, 1.54) is 22.2 Å². The van der Waals surface area contributed by atoms with Crippen molar-refractivity contribution in [3.8, 4) is 11.8 Å². The van der Waals surface area contributed by atoms with Gasteiger partial charge in [-0.3, -0.25) is 4.79 Å². The first-order valence-electron chi connectivity index (χ1n) is 11.4. The molecule has 1 fully saturated rings. The van der Waals surface area contributed by atoms with Crippen LogP contribution in [0.25, 0.3) is 16.7 Å². The van der Waals surface area contributed by atoms with Gasteiger partial charge in [0.15, 0.2) is 5.65 Å². The van der Waals surface area contributed by atoms with E-state index in [9.17, 15) is 9.90 Å². The Hall–Kier alpha value is -3.72. The van der Waals surface area contributed by atoms with Gasteiger partial charge in [-0.25, -0.2) is 14.3 Å². The number of fused-ring (bicyclic) bond motifs is 1. The Labute approximate surface area is 206 Å². The van der Waals surface area contributed by atoms with Crippen molar-refractivity contribution in [3.05, 3.63) is 57.1 Å². The number of rotatable bonds is 7. The fraction of sp³-hybridized carbons (Fsp3) is 0.333. The third-order valence-electron chi connectivity index (χ3n) is 6.21. The highest BCUT2D eigenvalue weighted by Crippen LogP contribution is 2.27. The van der Waals surface area contributed by atoms with Crippen LogP contribution < -0.4 is 15.8 Å². The molecule has 0 amide bonds. The van der Waals surface area contributed by atoms with Crippen molar-refractivity contribution in [1.29, 1.82) is 5.26 Å². The predicted octanol–water partition coefficient (Wildman–Crippen LogP) is 2.55. The van der Waals surface area contributed by atoms with Crippen molar-refractivity contribution >= 4 is 39.7 Å². The average Bonchev–Trinajstić information content (AvgIpc) is 3.49. The number of aromatic nitrogens is 4. The van der Waals surface area contributed by atoms with Gasteiger partial charge in [-0.05, 0) is 36.7 Å². The first kappa shape index (κ1) is 23.0. The third kappa shape index (κ3) is 4.51. The lowest BCUT2D eigenvalue weighted by Gasteiger charge is -2.35. The smallest absolute Gasteiger partial charge is 0.278 e. The second-order valence-electron chi connectivity index (χ2n) is 8.48. The molecule has 0 atom stereocenters. The van der Waals surface area contributed by atoms with Gasteiger partial charge in [-0.2, -0.15) is 21.6 Å². The largest absolute Gasteiger partial charge is 0.392 e. The molecule has 0 saturated carbocycles. The Bertz CT molecular complexity index is 1430. The maximum absolute atomic E-state index is 13.0. The van der Waals surface area contributed by atoms with Gasteiger partial charge >= 0.3 is 0 Å². The summed E-state index contributed by atoms with van der Waals surface area (Å²) in [6, 6.07) is 9.88. The van der Waals surface area contributed by atoms with Gasteiger partial charge in [0.2, 0.25) is 5.95 Å². The van der Waals surface area contributed by atoms with Gasteiger partial charge in [-0.1, -0.05) is 0 Å². The van der Waals surface area contributed by atoms with E-state index in [1.54, 1.807) is 4.68 Å². The molecule has 1 aliphatic rings. The molecule has 11 heteroatoms. The number of hydrogen-bond acceptors (Lipinski definition) is 9. The minimum Gasteiger partial charge on any atom is -0.392 e. The molecule has 10 nitrogen and oxygen atoms in total. The zero-order valence-electron chi connectivity index (χ0n) is 19.4. The van der Waals surface area contributed by atoms with Crippen LogP contribution in [0, 0.1) is 11.3 Å². The Morgan fingerprint density at radius 2 is 2.06 bits per heavy atom. The summed E-state index contributed by atoms with van der Waals surface area (Å²) in [5.41, 5.74) is 3.66. The van der Waals surface area contributed by atoms with Crippen LogP contribution in [-0.4, -0.2) is 62.6 Å². The first-order valence-corrected chi connectivity index (χ1v) is 12.4. The van der Waals surface area contributed by atoms with Gasteiger partial charge < -0.3 is 20.2 Å². The zero-order valence-corrected chi connectivity index (χ0v) is 20.2. The summed E-state index contributed by atoms with van der Waals surface area (Å²) in [6.45, 7) is 3.99. The molecule has 1 aromatic carbocycles. The maximum Gasteiger partial charge on any atom is 0.278 e. The number of nitrogens with zero attached hydrogens (tertiary/aromatic N) is 7. The number of nitriles is 1. The van der Waals surface area contributed by atoms with Crippen molar-refractivity contribution in [2.45, 2.75) is 19.6 Å². The van der Waals surface area contributed by atoms with Gasteiger partial charge in [0.1, 0.15) is 5.39 Å². The molecule has 0 unspecified atom stereocenters. The Morgan fingerprint density at radius 3 is 2.77 bits per heavy atom. The molecule has 5 rings (SSSR count). The van der Waals surface area contributed by atoms with E-state index in [2.05, 4.69) is 38.2 Å². The van der Waals surface area contributed by atoms with Gasteiger partial charge in [0.25, 0.3) is 5.56 Å². The van der Waals surface area contributed by atoms with Crippen molar-refractivity contribution in [3.63, 3.8) is 0 Å². The number of aliphatic hydroxyl groups excluding tert-OH is 1. The number of nitrogens with one attached hydrogen (secondary N) is 1. The van der Waals surface area contributed by atoms with Crippen LogP contribution in [0.15, 0.2) is 46.0 Å². The van der Waals surface area contributed by atoms with E-state index >= 15 is 0 Å². The van der Waals surface area contributed by atoms with Crippen LogP contribution in [-0.2, 0) is 13.2 Å². The van der Waals surface area contributed by atoms with E-state index in [0.717, 1.165) is 48.8 Å². The molecule has 180 valence electrons. The number of thiophene rings is 1. The highest BCUT2D eigenvalue weighted by Gasteiger charge is 2.19. The SMILES string of the molecule is CN1CCN(c2ccc(Nc3ncc4c(=O)n(CCC#N)n(-c5ccsc5)c4n3)cc2CO)CC1. The molecule has 35 heavy (non-hydrogen) atoms. The standard InChI is InChI=1S/C24H26N8O2S/c1-29-8-10-30(11-9-29)21-4-3-18(13-17(21)15-33)27-24-26-14-20-22(28-24)32(19-5-12-35-16-19)31(23(20)34)7-2-6-25/h3-5,12-14,16,33H,2,7-11,15H2,1H3,(H,26,27,28). The van der Waals surface area contributed by atoms with Crippen molar-refractivity contribution in [1.82, 2.24) is 24.2 Å². The Balaban J connectivity index is 1.48. The fourth-order valence-corrected chi connectivity index (χ4v) is 4.98. The van der Waals surface area contributed by atoms with Crippen molar-refractivity contribution in [2.24, 2.45) is 0 Å². The number of aliphatic hydroxyl groups is 1.